The third-order valence-corrected chi connectivity index (χ3v) is 2.41. The summed E-state index contributed by atoms with van der Waals surface area (Å²) >= 11 is 0. The smallest absolute Gasteiger partial charge is 0.250 e. The van der Waals surface area contributed by atoms with Gasteiger partial charge in [-0.3, -0.25) is 9.48 Å². The van der Waals surface area contributed by atoms with Crippen LogP contribution < -0.4 is 5.32 Å². The lowest BCUT2D eigenvalue weighted by Crippen LogP contribution is -2.18. The number of carbonyl (C=O) groups is 1. The Balaban J connectivity index is 2.23. The molecule has 0 saturated carbocycles. The van der Waals surface area contributed by atoms with Gasteiger partial charge in [0.25, 0.3) is 0 Å². The van der Waals surface area contributed by atoms with Gasteiger partial charge in [-0.1, -0.05) is 19.8 Å². The molecule has 0 aromatic carbocycles. The maximum absolute atomic E-state index is 11.5. The molecule has 5 nitrogen and oxygen atoms in total. The zero-order valence-corrected chi connectivity index (χ0v) is 10.8. The second kappa shape index (κ2) is 7.06. The zero-order valence-electron chi connectivity index (χ0n) is 10.8. The number of aromatic nitrogens is 2. The molecule has 1 rings (SSSR count). The first-order valence-corrected chi connectivity index (χ1v) is 6.01. The molecule has 1 amide bonds. The average molecular weight is 239 g/mol. The van der Waals surface area contributed by atoms with Crippen molar-refractivity contribution in [2.45, 2.75) is 33.1 Å². The van der Waals surface area contributed by atoms with Gasteiger partial charge < -0.3 is 10.1 Å². The van der Waals surface area contributed by atoms with E-state index in [9.17, 15) is 4.79 Å². The lowest BCUT2D eigenvalue weighted by atomic mass is 10.3. The van der Waals surface area contributed by atoms with Crippen LogP contribution in [0.1, 0.15) is 31.9 Å². The van der Waals surface area contributed by atoms with Crippen LogP contribution in [0.5, 0.6) is 0 Å². The van der Waals surface area contributed by atoms with Crippen molar-refractivity contribution in [1.29, 1.82) is 0 Å². The number of nitrogens with one attached hydrogen (secondary N) is 1. The van der Waals surface area contributed by atoms with Crippen LogP contribution in [0.4, 0.5) is 5.69 Å². The molecule has 1 aromatic rings. The summed E-state index contributed by atoms with van der Waals surface area (Å²) in [4.78, 5) is 11.5. The number of nitrogens with zero attached hydrogens (tertiary/aromatic N) is 2. The minimum absolute atomic E-state index is 0.109. The number of aryl methyl sites for hydroxylation is 2. The molecule has 17 heavy (non-hydrogen) atoms. The molecule has 0 atom stereocenters. The van der Waals surface area contributed by atoms with E-state index in [1.807, 2.05) is 14.0 Å². The lowest BCUT2D eigenvalue weighted by Gasteiger charge is -2.04. The molecule has 0 bridgehead atoms. The molecule has 1 heterocycles. The summed E-state index contributed by atoms with van der Waals surface area (Å²) in [7, 11) is 1.82. The van der Waals surface area contributed by atoms with Gasteiger partial charge in [-0.2, -0.15) is 5.10 Å². The molecule has 0 aliphatic carbocycles. The third-order valence-electron chi connectivity index (χ3n) is 2.41. The fourth-order valence-corrected chi connectivity index (χ4v) is 1.53. The van der Waals surface area contributed by atoms with Crippen molar-refractivity contribution in [2.75, 3.05) is 18.5 Å². The summed E-state index contributed by atoms with van der Waals surface area (Å²) in [5.74, 6) is -0.127. The van der Waals surface area contributed by atoms with Gasteiger partial charge in [-0.05, 0) is 13.3 Å². The predicted molar refractivity (Wildman–Crippen MR) is 66.9 cm³/mol. The normalized spacial score (nSPS) is 10.5. The van der Waals surface area contributed by atoms with Crippen LogP contribution in [-0.2, 0) is 16.6 Å². The second-order valence-electron chi connectivity index (χ2n) is 4.11. The topological polar surface area (TPSA) is 56.1 Å². The van der Waals surface area contributed by atoms with Crippen LogP contribution >= 0.6 is 0 Å². The van der Waals surface area contributed by atoms with E-state index in [1.165, 1.54) is 0 Å². The molecule has 0 aliphatic heterocycles. The minimum atomic E-state index is -0.127. The maximum atomic E-state index is 11.5. The van der Waals surface area contributed by atoms with Gasteiger partial charge in [0.1, 0.15) is 6.61 Å². The predicted octanol–water partition coefficient (Wildman–Crippen LogP) is 1.87. The van der Waals surface area contributed by atoms with E-state index in [2.05, 4.69) is 17.3 Å². The Bertz CT molecular complexity index is 361. The molecular formula is C12H21N3O2. The molecule has 0 saturated heterocycles. The quantitative estimate of drug-likeness (QED) is 0.739. The number of rotatable bonds is 7. The van der Waals surface area contributed by atoms with E-state index in [0.717, 1.165) is 30.6 Å². The molecule has 1 aromatic heterocycles. The molecule has 96 valence electrons. The van der Waals surface area contributed by atoms with Gasteiger partial charge in [-0.25, -0.2) is 0 Å². The molecule has 0 aliphatic rings. The van der Waals surface area contributed by atoms with Crippen LogP contribution in [0.3, 0.4) is 0 Å². The fourth-order valence-electron chi connectivity index (χ4n) is 1.53. The summed E-state index contributed by atoms with van der Waals surface area (Å²) in [5.41, 5.74) is 1.56. The maximum Gasteiger partial charge on any atom is 0.250 e. The first kappa shape index (κ1) is 13.7. The van der Waals surface area contributed by atoms with Crippen molar-refractivity contribution in [1.82, 2.24) is 9.78 Å². The van der Waals surface area contributed by atoms with E-state index in [4.69, 9.17) is 4.74 Å². The first-order valence-electron chi connectivity index (χ1n) is 6.01. The molecule has 0 fully saturated rings. The van der Waals surface area contributed by atoms with Gasteiger partial charge in [0.05, 0.1) is 11.4 Å². The number of unbranched alkanes of at least 4 members (excludes halogenated alkanes) is 2. The summed E-state index contributed by atoms with van der Waals surface area (Å²) in [6, 6.07) is 0. The highest BCUT2D eigenvalue weighted by Gasteiger charge is 2.07. The Morgan fingerprint density at radius 2 is 2.29 bits per heavy atom. The van der Waals surface area contributed by atoms with Crippen LogP contribution in [0.15, 0.2) is 6.20 Å². The van der Waals surface area contributed by atoms with Gasteiger partial charge in [0.2, 0.25) is 5.91 Å². The Morgan fingerprint density at radius 3 is 2.88 bits per heavy atom. The number of amides is 1. The Kier molecular flexibility index (Phi) is 5.69. The van der Waals surface area contributed by atoms with Crippen LogP contribution in [-0.4, -0.2) is 28.9 Å². The summed E-state index contributed by atoms with van der Waals surface area (Å²) < 4.78 is 6.95. The zero-order chi connectivity index (χ0) is 12.7. The lowest BCUT2D eigenvalue weighted by molar-refractivity contribution is -0.120. The number of carbonyl (C=O) groups excluding carboxylic acids is 1. The second-order valence-corrected chi connectivity index (χ2v) is 4.11. The number of ether oxygens (including phenoxy) is 1. The van der Waals surface area contributed by atoms with Gasteiger partial charge in [0.15, 0.2) is 0 Å². The van der Waals surface area contributed by atoms with Crippen molar-refractivity contribution in [2.24, 2.45) is 7.05 Å². The van der Waals surface area contributed by atoms with Crippen molar-refractivity contribution < 1.29 is 9.53 Å². The van der Waals surface area contributed by atoms with Crippen LogP contribution in [0.2, 0.25) is 0 Å². The molecule has 0 radical (unpaired) electrons. The third kappa shape index (κ3) is 4.99. The van der Waals surface area contributed by atoms with E-state index in [-0.39, 0.29) is 12.5 Å². The SMILES string of the molecule is CCCCCOCC(=O)Nc1cn(C)nc1C. The van der Waals surface area contributed by atoms with E-state index >= 15 is 0 Å². The van der Waals surface area contributed by atoms with Gasteiger partial charge >= 0.3 is 0 Å². The van der Waals surface area contributed by atoms with E-state index in [1.54, 1.807) is 10.9 Å². The van der Waals surface area contributed by atoms with Gasteiger partial charge in [-0.15, -0.1) is 0 Å². The van der Waals surface area contributed by atoms with Crippen molar-refractivity contribution in [3.63, 3.8) is 0 Å². The average Bonchev–Trinajstić information content (AvgIpc) is 2.57. The number of anilines is 1. The highest BCUT2D eigenvalue weighted by Crippen LogP contribution is 2.10. The molecular weight excluding hydrogens is 218 g/mol. The number of hydrogen-bond acceptors (Lipinski definition) is 3. The highest BCUT2D eigenvalue weighted by molar-refractivity contribution is 5.92. The molecule has 1 N–H and O–H groups in total. The minimum Gasteiger partial charge on any atom is -0.372 e. The van der Waals surface area contributed by atoms with Gasteiger partial charge in [0, 0.05) is 19.9 Å². The van der Waals surface area contributed by atoms with E-state index in [0.29, 0.717) is 6.61 Å². The Morgan fingerprint density at radius 1 is 1.53 bits per heavy atom. The summed E-state index contributed by atoms with van der Waals surface area (Å²) in [6.07, 6.45) is 5.09. The van der Waals surface area contributed by atoms with Crippen molar-refractivity contribution in [3.05, 3.63) is 11.9 Å². The van der Waals surface area contributed by atoms with Crippen molar-refractivity contribution >= 4 is 11.6 Å². The monoisotopic (exact) mass is 239 g/mol. The molecule has 0 spiro atoms. The largest absolute Gasteiger partial charge is 0.372 e. The first-order chi connectivity index (χ1) is 8.13. The Hall–Kier alpha value is -1.36. The molecule has 5 heteroatoms. The summed E-state index contributed by atoms with van der Waals surface area (Å²) in [6.45, 7) is 4.75. The number of hydrogen-bond donors (Lipinski definition) is 1. The standard InChI is InChI=1S/C12H21N3O2/c1-4-5-6-7-17-9-12(16)13-11-8-15(3)14-10(11)2/h8H,4-7,9H2,1-3H3,(H,13,16). The van der Waals surface area contributed by atoms with E-state index < -0.39 is 0 Å². The summed E-state index contributed by atoms with van der Waals surface area (Å²) in [5, 5.41) is 6.92. The Labute approximate surface area is 102 Å². The van der Waals surface area contributed by atoms with Crippen molar-refractivity contribution in [3.8, 4) is 0 Å². The highest BCUT2D eigenvalue weighted by atomic mass is 16.5. The molecule has 0 unspecified atom stereocenters. The van der Waals surface area contributed by atoms with Crippen LogP contribution in [0, 0.1) is 6.92 Å². The fraction of sp³-hybridized carbons (Fsp3) is 0.667. The van der Waals surface area contributed by atoms with Crippen LogP contribution in [0.25, 0.3) is 0 Å².